The topological polar surface area (TPSA) is 32.3 Å². The van der Waals surface area contributed by atoms with Gasteiger partial charge in [-0.15, -0.1) is 0 Å². The maximum absolute atomic E-state index is 10.9. The van der Waals surface area contributed by atoms with E-state index < -0.39 is 10.8 Å². The van der Waals surface area contributed by atoms with Crippen LogP contribution in [0.3, 0.4) is 0 Å². The van der Waals surface area contributed by atoms with Crippen molar-refractivity contribution in [2.45, 2.75) is 19.4 Å². The van der Waals surface area contributed by atoms with E-state index in [1.807, 2.05) is 0 Å². The van der Waals surface area contributed by atoms with Crippen LogP contribution in [0.1, 0.15) is 13.8 Å². The third-order valence-electron chi connectivity index (χ3n) is 2.35. The van der Waals surface area contributed by atoms with Crippen molar-refractivity contribution in [2.24, 2.45) is 0 Å². The highest BCUT2D eigenvalue weighted by Gasteiger charge is 2.25. The zero-order valence-corrected chi connectivity index (χ0v) is 9.62. The van der Waals surface area contributed by atoms with E-state index in [1.54, 1.807) is 6.26 Å². The van der Waals surface area contributed by atoms with Gasteiger partial charge in [0.15, 0.2) is 0 Å². The van der Waals surface area contributed by atoms with Crippen LogP contribution in [0.15, 0.2) is 0 Å². The highest BCUT2D eigenvalue weighted by molar-refractivity contribution is 7.84. The normalized spacial score (nSPS) is 25.8. The summed E-state index contributed by atoms with van der Waals surface area (Å²) in [5.74, 6) is 0.802. The highest BCUT2D eigenvalue weighted by atomic mass is 32.2. The lowest BCUT2D eigenvalue weighted by Crippen LogP contribution is -2.57. The minimum atomic E-state index is -0.654. The van der Waals surface area contributed by atoms with E-state index in [4.69, 9.17) is 0 Å². The van der Waals surface area contributed by atoms with Crippen LogP contribution in [0.2, 0.25) is 0 Å². The van der Waals surface area contributed by atoms with E-state index >= 15 is 0 Å². The van der Waals surface area contributed by atoms with Crippen LogP contribution in [-0.2, 0) is 10.8 Å². The summed E-state index contributed by atoms with van der Waals surface area (Å²) < 4.78 is 10.9. The van der Waals surface area contributed by atoms with Gasteiger partial charge >= 0.3 is 0 Å². The van der Waals surface area contributed by atoms with Gasteiger partial charge < -0.3 is 5.32 Å². The summed E-state index contributed by atoms with van der Waals surface area (Å²) >= 11 is 0. The average molecular weight is 204 g/mol. The monoisotopic (exact) mass is 204 g/mol. The molecule has 0 saturated carbocycles. The molecule has 0 aromatic heterocycles. The molecule has 1 aliphatic heterocycles. The number of nitrogens with zero attached hydrogens (tertiary/aromatic N) is 1. The smallest absolute Gasteiger partial charge is 0.0359 e. The van der Waals surface area contributed by atoms with Crippen molar-refractivity contribution in [3.8, 4) is 0 Å². The van der Waals surface area contributed by atoms with Crippen molar-refractivity contribution < 1.29 is 4.21 Å². The second-order valence-electron chi connectivity index (χ2n) is 4.36. The van der Waals surface area contributed by atoms with Gasteiger partial charge in [0.2, 0.25) is 0 Å². The number of rotatable bonds is 3. The first kappa shape index (κ1) is 11.1. The molecular formula is C9H20N2OS. The summed E-state index contributed by atoms with van der Waals surface area (Å²) in [7, 11) is -0.654. The number of hydrogen-bond donors (Lipinski definition) is 1. The third kappa shape index (κ3) is 4.20. The molecule has 0 spiro atoms. The van der Waals surface area contributed by atoms with Gasteiger partial charge in [0, 0.05) is 54.5 Å². The van der Waals surface area contributed by atoms with E-state index in [-0.39, 0.29) is 5.54 Å². The Morgan fingerprint density at radius 3 is 2.77 bits per heavy atom. The van der Waals surface area contributed by atoms with E-state index in [0.29, 0.717) is 0 Å². The molecule has 0 aliphatic carbocycles. The molecule has 0 bridgehead atoms. The van der Waals surface area contributed by atoms with Gasteiger partial charge in [-0.3, -0.25) is 9.11 Å². The summed E-state index contributed by atoms with van der Waals surface area (Å²) in [6.07, 6.45) is 1.77. The van der Waals surface area contributed by atoms with Gasteiger partial charge in [-0.05, 0) is 13.8 Å². The zero-order valence-electron chi connectivity index (χ0n) is 8.80. The lowest BCUT2D eigenvalue weighted by atomic mass is 10.0. The molecule has 1 aliphatic rings. The van der Waals surface area contributed by atoms with Gasteiger partial charge in [-0.1, -0.05) is 0 Å². The van der Waals surface area contributed by atoms with Crippen molar-refractivity contribution in [1.82, 2.24) is 10.2 Å². The molecule has 0 aromatic rings. The fraction of sp³-hybridized carbons (Fsp3) is 1.00. The Morgan fingerprint density at radius 1 is 1.54 bits per heavy atom. The van der Waals surface area contributed by atoms with Crippen molar-refractivity contribution >= 4 is 10.8 Å². The molecule has 1 atom stereocenters. The lowest BCUT2D eigenvalue weighted by molar-refractivity contribution is 0.162. The zero-order chi connectivity index (χ0) is 9.90. The number of hydrogen-bond acceptors (Lipinski definition) is 3. The predicted octanol–water partition coefficient (Wildman–Crippen LogP) is 0.0487. The second-order valence-corrected chi connectivity index (χ2v) is 5.92. The van der Waals surface area contributed by atoms with Crippen LogP contribution in [-0.4, -0.2) is 52.8 Å². The predicted molar refractivity (Wildman–Crippen MR) is 57.5 cm³/mol. The molecule has 0 aromatic carbocycles. The summed E-state index contributed by atoms with van der Waals surface area (Å²) in [4.78, 5) is 2.39. The Hall–Kier alpha value is 0.0700. The molecule has 1 N–H and O–H groups in total. The quantitative estimate of drug-likeness (QED) is 0.705. The molecule has 0 radical (unpaired) electrons. The lowest BCUT2D eigenvalue weighted by Gasteiger charge is -2.39. The van der Waals surface area contributed by atoms with Crippen molar-refractivity contribution in [2.75, 3.05) is 38.2 Å². The van der Waals surface area contributed by atoms with Crippen molar-refractivity contribution in [1.29, 1.82) is 0 Å². The van der Waals surface area contributed by atoms with E-state index in [9.17, 15) is 4.21 Å². The minimum Gasteiger partial charge on any atom is -0.309 e. The minimum absolute atomic E-state index is 0.216. The molecule has 1 heterocycles. The third-order valence-corrected chi connectivity index (χ3v) is 3.10. The molecule has 3 nitrogen and oxygen atoms in total. The standard InChI is InChI=1S/C9H20N2OS/c1-9(2)8-11(5-4-10-9)6-7-13(3)12/h10H,4-8H2,1-3H3. The molecule has 1 fully saturated rings. The fourth-order valence-corrected chi connectivity index (χ4v) is 2.21. The maximum atomic E-state index is 10.9. The number of piperazine rings is 1. The fourth-order valence-electron chi connectivity index (χ4n) is 1.69. The van der Waals surface area contributed by atoms with Crippen molar-refractivity contribution in [3.05, 3.63) is 0 Å². The first-order valence-corrected chi connectivity index (χ1v) is 6.50. The van der Waals surface area contributed by atoms with Gasteiger partial charge in [-0.2, -0.15) is 0 Å². The molecule has 1 unspecified atom stereocenters. The van der Waals surface area contributed by atoms with Crippen LogP contribution in [0.5, 0.6) is 0 Å². The van der Waals surface area contributed by atoms with Gasteiger partial charge in [0.05, 0.1) is 0 Å². The van der Waals surface area contributed by atoms with Crippen LogP contribution >= 0.6 is 0 Å². The van der Waals surface area contributed by atoms with E-state index in [2.05, 4.69) is 24.1 Å². The van der Waals surface area contributed by atoms with Gasteiger partial charge in [-0.25, -0.2) is 0 Å². The summed E-state index contributed by atoms with van der Waals surface area (Å²) in [5.41, 5.74) is 0.216. The molecule has 1 rings (SSSR count). The van der Waals surface area contributed by atoms with Crippen LogP contribution in [0.25, 0.3) is 0 Å². The number of nitrogens with one attached hydrogen (secondary N) is 1. The van der Waals surface area contributed by atoms with Crippen LogP contribution < -0.4 is 5.32 Å². The molecule has 4 heteroatoms. The van der Waals surface area contributed by atoms with Crippen LogP contribution in [0.4, 0.5) is 0 Å². The Bertz CT molecular complexity index is 194. The molecule has 13 heavy (non-hydrogen) atoms. The first-order valence-electron chi connectivity index (χ1n) is 4.77. The Morgan fingerprint density at radius 2 is 2.23 bits per heavy atom. The second kappa shape index (κ2) is 4.53. The van der Waals surface area contributed by atoms with E-state index in [1.165, 1.54) is 0 Å². The molecule has 1 saturated heterocycles. The Balaban J connectivity index is 2.30. The Labute approximate surface area is 83.3 Å². The maximum Gasteiger partial charge on any atom is 0.0359 e. The largest absolute Gasteiger partial charge is 0.309 e. The molecular weight excluding hydrogens is 184 g/mol. The average Bonchev–Trinajstić information content (AvgIpc) is 1.99. The van der Waals surface area contributed by atoms with Crippen molar-refractivity contribution in [3.63, 3.8) is 0 Å². The Kier molecular flexibility index (Phi) is 3.88. The SMILES string of the molecule is CS(=O)CCN1CCNC(C)(C)C1. The highest BCUT2D eigenvalue weighted by Crippen LogP contribution is 2.09. The first-order chi connectivity index (χ1) is 5.99. The molecule has 78 valence electrons. The van der Waals surface area contributed by atoms with Crippen LogP contribution in [0, 0.1) is 0 Å². The molecule has 0 amide bonds. The summed E-state index contributed by atoms with van der Waals surface area (Å²) in [6.45, 7) is 8.58. The summed E-state index contributed by atoms with van der Waals surface area (Å²) in [5, 5.41) is 3.46. The van der Waals surface area contributed by atoms with Gasteiger partial charge in [0.1, 0.15) is 0 Å². The van der Waals surface area contributed by atoms with Gasteiger partial charge in [0.25, 0.3) is 0 Å². The van der Waals surface area contributed by atoms with E-state index in [0.717, 1.165) is 31.9 Å². The summed E-state index contributed by atoms with van der Waals surface area (Å²) in [6, 6.07) is 0.